The van der Waals surface area contributed by atoms with Gasteiger partial charge in [-0.1, -0.05) is 48.5 Å². The van der Waals surface area contributed by atoms with Crippen LogP contribution in [0.25, 0.3) is 6.08 Å². The molecule has 1 aliphatic heterocycles. The number of amides is 1. The van der Waals surface area contributed by atoms with E-state index in [9.17, 15) is 9.59 Å². The Bertz CT molecular complexity index is 799. The average molecular weight is 351 g/mol. The summed E-state index contributed by atoms with van der Waals surface area (Å²) in [5.41, 5.74) is 2.47. The molecule has 134 valence electrons. The first-order valence-corrected chi connectivity index (χ1v) is 8.62. The molecule has 0 aromatic heterocycles. The smallest absolute Gasteiger partial charge is 0.338 e. The molecule has 3 rings (SSSR count). The zero-order valence-corrected chi connectivity index (χ0v) is 14.4. The molecule has 2 aromatic carbocycles. The first-order chi connectivity index (χ1) is 12.7. The maximum absolute atomic E-state index is 12.1. The second-order valence-electron chi connectivity index (χ2n) is 6.01. The van der Waals surface area contributed by atoms with E-state index in [0.29, 0.717) is 12.1 Å². The summed E-state index contributed by atoms with van der Waals surface area (Å²) in [5, 5.41) is 2.76. The fraction of sp³-hybridized carbons (Fsp3) is 0.238. The number of nitrogens with one attached hydrogen (secondary N) is 1. The summed E-state index contributed by atoms with van der Waals surface area (Å²) in [6.45, 7) is 0.405. The standard InChI is InChI=1S/C21H21NO4/c23-20(22-12-6-9-16-7-2-1-3-8-16)15-26-21(24)18-13-17-10-4-5-11-19(17)25-14-18/h1-5,7-8,10-11,13H,6,9,12,14-15H2,(H,22,23). The van der Waals surface area contributed by atoms with Crippen molar-refractivity contribution in [2.45, 2.75) is 12.8 Å². The van der Waals surface area contributed by atoms with Crippen molar-refractivity contribution in [2.24, 2.45) is 0 Å². The molecule has 0 aliphatic carbocycles. The SMILES string of the molecule is O=C(COC(=O)C1=Cc2ccccc2OC1)NCCCc1ccccc1. The van der Waals surface area contributed by atoms with Crippen LogP contribution in [0.2, 0.25) is 0 Å². The van der Waals surface area contributed by atoms with Crippen molar-refractivity contribution in [1.82, 2.24) is 5.32 Å². The molecule has 0 fully saturated rings. The lowest BCUT2D eigenvalue weighted by atomic mass is 10.1. The molecule has 0 bridgehead atoms. The Balaban J connectivity index is 1.38. The molecule has 1 heterocycles. The Morgan fingerprint density at radius 1 is 1.04 bits per heavy atom. The number of esters is 1. The number of rotatable bonds is 7. The van der Waals surface area contributed by atoms with Crippen LogP contribution in [0.4, 0.5) is 0 Å². The molecule has 2 aromatic rings. The first-order valence-electron chi connectivity index (χ1n) is 8.62. The average Bonchev–Trinajstić information content (AvgIpc) is 2.70. The van der Waals surface area contributed by atoms with E-state index in [1.807, 2.05) is 42.5 Å². The second-order valence-corrected chi connectivity index (χ2v) is 6.01. The fourth-order valence-corrected chi connectivity index (χ4v) is 2.67. The highest BCUT2D eigenvalue weighted by atomic mass is 16.5. The van der Waals surface area contributed by atoms with E-state index in [4.69, 9.17) is 9.47 Å². The lowest BCUT2D eigenvalue weighted by Gasteiger charge is -2.16. The summed E-state index contributed by atoms with van der Waals surface area (Å²) in [4.78, 5) is 23.9. The maximum Gasteiger partial charge on any atom is 0.338 e. The van der Waals surface area contributed by atoms with Crippen molar-refractivity contribution in [3.05, 3.63) is 71.3 Å². The second kappa shape index (κ2) is 8.85. The Kier molecular flexibility index (Phi) is 6.04. The van der Waals surface area contributed by atoms with Gasteiger partial charge < -0.3 is 14.8 Å². The highest BCUT2D eigenvalue weighted by molar-refractivity contribution is 5.96. The van der Waals surface area contributed by atoms with E-state index >= 15 is 0 Å². The first kappa shape index (κ1) is 17.7. The van der Waals surface area contributed by atoms with Gasteiger partial charge in [-0.3, -0.25) is 4.79 Å². The van der Waals surface area contributed by atoms with Crippen LogP contribution >= 0.6 is 0 Å². The van der Waals surface area contributed by atoms with Crippen molar-refractivity contribution in [3.8, 4) is 5.75 Å². The molecule has 0 saturated heterocycles. The number of para-hydroxylation sites is 1. The predicted molar refractivity (Wildman–Crippen MR) is 98.6 cm³/mol. The minimum absolute atomic E-state index is 0.147. The van der Waals surface area contributed by atoms with Crippen molar-refractivity contribution in [3.63, 3.8) is 0 Å². The van der Waals surface area contributed by atoms with Gasteiger partial charge in [0, 0.05) is 12.1 Å². The van der Waals surface area contributed by atoms with E-state index in [-0.39, 0.29) is 19.1 Å². The van der Waals surface area contributed by atoms with Crippen molar-refractivity contribution in [2.75, 3.05) is 19.8 Å². The van der Waals surface area contributed by atoms with Crippen LogP contribution in [0.1, 0.15) is 17.5 Å². The van der Waals surface area contributed by atoms with Crippen molar-refractivity contribution < 1.29 is 19.1 Å². The Morgan fingerprint density at radius 2 is 1.81 bits per heavy atom. The van der Waals surface area contributed by atoms with Crippen LogP contribution in [0.15, 0.2) is 60.2 Å². The van der Waals surface area contributed by atoms with Gasteiger partial charge in [0.25, 0.3) is 5.91 Å². The van der Waals surface area contributed by atoms with Crippen LogP contribution in [0, 0.1) is 0 Å². The van der Waals surface area contributed by atoms with Crippen molar-refractivity contribution in [1.29, 1.82) is 0 Å². The molecular weight excluding hydrogens is 330 g/mol. The molecule has 1 aliphatic rings. The molecule has 5 heteroatoms. The van der Waals surface area contributed by atoms with Crippen LogP contribution in [-0.2, 0) is 20.7 Å². The summed E-state index contributed by atoms with van der Waals surface area (Å²) in [6, 6.07) is 17.5. The van der Waals surface area contributed by atoms with E-state index in [0.717, 1.165) is 24.2 Å². The molecule has 1 amide bonds. The zero-order chi connectivity index (χ0) is 18.2. The quantitative estimate of drug-likeness (QED) is 0.615. The van der Waals surface area contributed by atoms with E-state index in [1.165, 1.54) is 5.56 Å². The summed E-state index contributed by atoms with van der Waals surface area (Å²) in [7, 11) is 0. The number of carbonyl (C=O) groups is 2. The minimum atomic E-state index is -0.529. The summed E-state index contributed by atoms with van der Waals surface area (Å²) in [6.07, 6.45) is 3.46. The van der Waals surface area contributed by atoms with E-state index in [1.54, 1.807) is 6.08 Å². The monoisotopic (exact) mass is 351 g/mol. The number of aryl methyl sites for hydroxylation is 1. The third-order valence-corrected chi connectivity index (χ3v) is 4.04. The van der Waals surface area contributed by atoms with E-state index in [2.05, 4.69) is 17.4 Å². The number of hydrogen-bond acceptors (Lipinski definition) is 4. The number of benzene rings is 2. The Hall–Kier alpha value is -3.08. The number of carbonyl (C=O) groups excluding carboxylic acids is 2. The van der Waals surface area contributed by atoms with Gasteiger partial charge in [0.15, 0.2) is 6.61 Å². The van der Waals surface area contributed by atoms with Crippen LogP contribution in [0.5, 0.6) is 5.75 Å². The zero-order valence-electron chi connectivity index (χ0n) is 14.4. The summed E-state index contributed by atoms with van der Waals surface area (Å²) in [5.74, 6) is -0.0942. The molecule has 0 atom stereocenters. The lowest BCUT2D eigenvalue weighted by Crippen LogP contribution is -2.30. The molecule has 0 saturated carbocycles. The molecule has 0 radical (unpaired) electrons. The van der Waals surface area contributed by atoms with Gasteiger partial charge in [-0.25, -0.2) is 4.79 Å². The molecule has 26 heavy (non-hydrogen) atoms. The third kappa shape index (κ3) is 4.96. The summed E-state index contributed by atoms with van der Waals surface area (Å²) < 4.78 is 10.6. The summed E-state index contributed by atoms with van der Waals surface area (Å²) >= 11 is 0. The van der Waals surface area contributed by atoms with Crippen molar-refractivity contribution >= 4 is 18.0 Å². The van der Waals surface area contributed by atoms with Gasteiger partial charge in [0.2, 0.25) is 0 Å². The van der Waals surface area contributed by atoms with Crippen LogP contribution in [0.3, 0.4) is 0 Å². The predicted octanol–water partition coefficient (Wildman–Crippen LogP) is 2.75. The Labute approximate surface area is 152 Å². The molecular formula is C21H21NO4. The van der Waals surface area contributed by atoms with Gasteiger partial charge in [-0.15, -0.1) is 0 Å². The normalized spacial score (nSPS) is 12.4. The molecule has 0 spiro atoms. The number of hydrogen-bond donors (Lipinski definition) is 1. The van der Waals surface area contributed by atoms with Gasteiger partial charge in [0.1, 0.15) is 12.4 Å². The molecule has 5 nitrogen and oxygen atoms in total. The van der Waals surface area contributed by atoms with Gasteiger partial charge in [-0.05, 0) is 30.5 Å². The molecule has 0 unspecified atom stereocenters. The van der Waals surface area contributed by atoms with Crippen LogP contribution in [-0.4, -0.2) is 31.6 Å². The number of fused-ring (bicyclic) bond motifs is 1. The number of ether oxygens (including phenoxy) is 2. The highest BCUT2D eigenvalue weighted by Crippen LogP contribution is 2.25. The largest absolute Gasteiger partial charge is 0.488 e. The van der Waals surface area contributed by atoms with Gasteiger partial charge in [0.05, 0.1) is 5.57 Å². The molecule has 1 N–H and O–H groups in total. The fourth-order valence-electron chi connectivity index (χ4n) is 2.67. The topological polar surface area (TPSA) is 64.6 Å². The van der Waals surface area contributed by atoms with Gasteiger partial charge >= 0.3 is 5.97 Å². The third-order valence-electron chi connectivity index (χ3n) is 4.04. The minimum Gasteiger partial charge on any atom is -0.488 e. The highest BCUT2D eigenvalue weighted by Gasteiger charge is 2.18. The van der Waals surface area contributed by atoms with E-state index < -0.39 is 5.97 Å². The Morgan fingerprint density at radius 3 is 2.65 bits per heavy atom. The lowest BCUT2D eigenvalue weighted by molar-refractivity contribution is -0.145. The van der Waals surface area contributed by atoms with Crippen LogP contribution < -0.4 is 10.1 Å². The maximum atomic E-state index is 12.1. The van der Waals surface area contributed by atoms with Gasteiger partial charge in [-0.2, -0.15) is 0 Å².